The highest BCUT2D eigenvalue weighted by molar-refractivity contribution is 7.88. The van der Waals surface area contributed by atoms with Crippen LogP contribution in [0.3, 0.4) is 0 Å². The van der Waals surface area contributed by atoms with Crippen LogP contribution in [-0.4, -0.2) is 37.7 Å². The van der Waals surface area contributed by atoms with Crippen molar-refractivity contribution in [1.29, 1.82) is 0 Å². The second-order valence-electron chi connectivity index (χ2n) is 7.30. The molecule has 2 aromatic carbocycles. The Morgan fingerprint density at radius 3 is 2.59 bits per heavy atom. The van der Waals surface area contributed by atoms with Crippen molar-refractivity contribution in [3.63, 3.8) is 0 Å². The van der Waals surface area contributed by atoms with Crippen molar-refractivity contribution in [3.05, 3.63) is 59.9 Å². The summed E-state index contributed by atoms with van der Waals surface area (Å²) in [7, 11) is -3.55. The van der Waals surface area contributed by atoms with Crippen LogP contribution >= 0.6 is 0 Å². The first-order valence-corrected chi connectivity index (χ1v) is 10.6. The first-order valence-electron chi connectivity index (χ1n) is 8.79. The molecule has 0 aromatic heterocycles. The van der Waals surface area contributed by atoms with Crippen molar-refractivity contribution < 1.29 is 22.3 Å². The van der Waals surface area contributed by atoms with E-state index < -0.39 is 27.5 Å². The first kappa shape index (κ1) is 19.6. The van der Waals surface area contributed by atoms with E-state index in [9.17, 15) is 12.8 Å². The van der Waals surface area contributed by atoms with Crippen molar-refractivity contribution in [2.75, 3.05) is 19.4 Å². The van der Waals surface area contributed by atoms with Crippen LogP contribution in [0.1, 0.15) is 31.9 Å². The van der Waals surface area contributed by atoms with E-state index in [1.54, 1.807) is 6.07 Å². The fraction of sp³-hybridized carbons (Fsp3) is 0.400. The van der Waals surface area contributed by atoms with E-state index >= 15 is 0 Å². The van der Waals surface area contributed by atoms with Crippen molar-refractivity contribution in [1.82, 2.24) is 4.31 Å². The van der Waals surface area contributed by atoms with Gasteiger partial charge in [0.2, 0.25) is 10.0 Å². The molecule has 0 saturated heterocycles. The molecule has 1 unspecified atom stereocenters. The molecule has 0 N–H and O–H groups in total. The zero-order chi connectivity index (χ0) is 19.7. The van der Waals surface area contributed by atoms with Gasteiger partial charge in [-0.2, -0.15) is 4.31 Å². The molecular weight excluding hydrogens is 369 g/mol. The van der Waals surface area contributed by atoms with Gasteiger partial charge in [-0.15, -0.1) is 0 Å². The van der Waals surface area contributed by atoms with Gasteiger partial charge in [0.05, 0.1) is 12.3 Å². The maximum absolute atomic E-state index is 13.8. The van der Waals surface area contributed by atoms with Gasteiger partial charge in [0.25, 0.3) is 0 Å². The Bertz CT molecular complexity index is 899. The number of hydrogen-bond donors (Lipinski definition) is 0. The van der Waals surface area contributed by atoms with Crippen LogP contribution in [0, 0.1) is 5.82 Å². The smallest absolute Gasteiger partial charge is 0.211 e. The van der Waals surface area contributed by atoms with E-state index in [0.29, 0.717) is 23.5 Å². The number of benzene rings is 2. The average Bonchev–Trinajstić information content (AvgIpc) is 2.58. The Morgan fingerprint density at radius 2 is 1.93 bits per heavy atom. The van der Waals surface area contributed by atoms with Gasteiger partial charge in [0.1, 0.15) is 29.5 Å². The highest BCUT2D eigenvalue weighted by atomic mass is 32.2. The largest absolute Gasteiger partial charge is 0.492 e. The molecule has 1 aliphatic heterocycles. The summed E-state index contributed by atoms with van der Waals surface area (Å²) in [5.41, 5.74) is -0.0295. The molecule has 0 bridgehead atoms. The summed E-state index contributed by atoms with van der Waals surface area (Å²) in [6, 6.07) is 12.9. The van der Waals surface area contributed by atoms with Crippen molar-refractivity contribution in [3.8, 4) is 11.5 Å². The Labute approximate surface area is 159 Å². The molecule has 146 valence electrons. The molecule has 0 spiro atoms. The fourth-order valence-corrected chi connectivity index (χ4v) is 4.42. The number of ether oxygens (including phenoxy) is 2. The summed E-state index contributed by atoms with van der Waals surface area (Å²) in [6.07, 6.45) is 1.58. The molecule has 1 aliphatic rings. The number of fused-ring (bicyclic) bond motifs is 1. The van der Waals surface area contributed by atoms with Gasteiger partial charge in [0, 0.05) is 18.5 Å². The minimum Gasteiger partial charge on any atom is -0.492 e. The van der Waals surface area contributed by atoms with Crippen molar-refractivity contribution >= 4 is 10.0 Å². The number of nitrogens with zero attached hydrogens (tertiary/aromatic N) is 1. The highest BCUT2D eigenvalue weighted by Crippen LogP contribution is 2.43. The van der Waals surface area contributed by atoms with E-state index in [4.69, 9.17) is 9.47 Å². The lowest BCUT2D eigenvalue weighted by molar-refractivity contribution is 0.0480. The molecule has 0 amide bonds. The Morgan fingerprint density at radius 1 is 1.22 bits per heavy atom. The number of para-hydroxylation sites is 1. The summed E-state index contributed by atoms with van der Waals surface area (Å²) < 4.78 is 51.8. The molecule has 27 heavy (non-hydrogen) atoms. The summed E-state index contributed by atoms with van der Waals surface area (Å²) >= 11 is 0. The molecule has 1 heterocycles. The zero-order valence-electron chi connectivity index (χ0n) is 15.7. The lowest BCUT2D eigenvalue weighted by Gasteiger charge is -2.41. The van der Waals surface area contributed by atoms with Crippen LogP contribution in [0.5, 0.6) is 11.5 Å². The Kier molecular flexibility index (Phi) is 5.44. The summed E-state index contributed by atoms with van der Waals surface area (Å²) in [5.74, 6) is 0.760. The maximum atomic E-state index is 13.8. The molecule has 7 heteroatoms. The first-order chi connectivity index (χ1) is 12.7. The van der Waals surface area contributed by atoms with Crippen LogP contribution in [-0.2, 0) is 10.0 Å². The monoisotopic (exact) mass is 393 g/mol. The van der Waals surface area contributed by atoms with Crippen LogP contribution < -0.4 is 9.47 Å². The third-order valence-corrected chi connectivity index (χ3v) is 5.79. The van der Waals surface area contributed by atoms with Crippen molar-refractivity contribution in [2.45, 2.75) is 31.9 Å². The second kappa shape index (κ2) is 7.48. The topological polar surface area (TPSA) is 55.8 Å². The van der Waals surface area contributed by atoms with Gasteiger partial charge in [-0.3, -0.25) is 0 Å². The fourth-order valence-electron chi connectivity index (χ4n) is 3.37. The van der Waals surface area contributed by atoms with Gasteiger partial charge in [-0.25, -0.2) is 12.8 Å². The molecule has 2 aromatic rings. The number of hydrogen-bond acceptors (Lipinski definition) is 4. The number of sulfonamides is 1. The lowest BCUT2D eigenvalue weighted by Crippen LogP contribution is -2.44. The van der Waals surface area contributed by atoms with Gasteiger partial charge in [0.15, 0.2) is 0 Å². The van der Waals surface area contributed by atoms with Gasteiger partial charge in [-0.1, -0.05) is 18.2 Å². The molecule has 1 atom stereocenters. The summed E-state index contributed by atoms with van der Waals surface area (Å²) in [4.78, 5) is 0. The standard InChI is InChI=1S/C20H24FNO4S/c1-20(2)14-18(17-13-15(21)9-10-19(17)26-20)22(27(3,23)24)11-12-25-16-7-5-4-6-8-16/h4-10,13,18H,11-12,14H2,1-3H3. The lowest BCUT2D eigenvalue weighted by atomic mass is 9.89. The number of rotatable bonds is 6. The SMILES string of the molecule is CC1(C)CC(N(CCOc2ccccc2)S(C)(=O)=O)c2cc(F)ccc2O1. The molecular formula is C20H24FNO4S. The Hall–Kier alpha value is -2.12. The van der Waals surface area contributed by atoms with Crippen LogP contribution in [0.4, 0.5) is 4.39 Å². The predicted molar refractivity (Wildman–Crippen MR) is 102 cm³/mol. The normalized spacial score (nSPS) is 18.6. The van der Waals surface area contributed by atoms with E-state index in [0.717, 1.165) is 6.26 Å². The molecule has 0 radical (unpaired) electrons. The van der Waals surface area contributed by atoms with Crippen molar-refractivity contribution in [2.24, 2.45) is 0 Å². The van der Waals surface area contributed by atoms with Gasteiger partial charge >= 0.3 is 0 Å². The van der Waals surface area contributed by atoms with E-state index in [1.807, 2.05) is 44.2 Å². The van der Waals surface area contributed by atoms with Gasteiger partial charge in [-0.05, 0) is 44.2 Å². The van der Waals surface area contributed by atoms with Crippen LogP contribution in [0.15, 0.2) is 48.5 Å². The van der Waals surface area contributed by atoms with E-state index in [-0.39, 0.29) is 13.2 Å². The second-order valence-corrected chi connectivity index (χ2v) is 9.23. The number of halogens is 1. The third kappa shape index (κ3) is 4.78. The van der Waals surface area contributed by atoms with Gasteiger partial charge < -0.3 is 9.47 Å². The zero-order valence-corrected chi connectivity index (χ0v) is 16.5. The minimum absolute atomic E-state index is 0.157. The minimum atomic E-state index is -3.55. The predicted octanol–water partition coefficient (Wildman–Crippen LogP) is 3.77. The van der Waals surface area contributed by atoms with E-state index in [1.165, 1.54) is 16.4 Å². The summed E-state index contributed by atoms with van der Waals surface area (Å²) in [5, 5.41) is 0. The Balaban J connectivity index is 1.87. The molecule has 5 nitrogen and oxygen atoms in total. The maximum Gasteiger partial charge on any atom is 0.211 e. The van der Waals surface area contributed by atoms with E-state index in [2.05, 4.69) is 0 Å². The van der Waals surface area contributed by atoms with Crippen LogP contribution in [0.2, 0.25) is 0 Å². The quantitative estimate of drug-likeness (QED) is 0.750. The molecule has 0 aliphatic carbocycles. The molecule has 3 rings (SSSR count). The third-order valence-electron chi connectivity index (χ3n) is 4.50. The average molecular weight is 393 g/mol. The highest BCUT2D eigenvalue weighted by Gasteiger charge is 2.40. The molecule has 0 fully saturated rings. The summed E-state index contributed by atoms with van der Waals surface area (Å²) in [6.45, 7) is 4.14. The van der Waals surface area contributed by atoms with Crippen LogP contribution in [0.25, 0.3) is 0 Å². The molecule has 0 saturated carbocycles.